The Kier molecular flexibility index (Phi) is 3.51. The lowest BCUT2D eigenvalue weighted by Gasteiger charge is -2.09. The van der Waals surface area contributed by atoms with Gasteiger partial charge in [0.2, 0.25) is 5.83 Å². The molecule has 0 unspecified atom stereocenters. The second kappa shape index (κ2) is 3.86. The molecule has 0 amide bonds. The molecule has 0 aliphatic heterocycles. The smallest absolute Gasteiger partial charge is 0.200 e. The molecule has 0 aromatic heterocycles. The van der Waals surface area contributed by atoms with Gasteiger partial charge in [0.1, 0.15) is 11.7 Å². The molecule has 8 heteroatoms. The van der Waals surface area contributed by atoms with Crippen molar-refractivity contribution >= 4 is 0 Å². The average molecular weight is 224 g/mol. The minimum Gasteiger partial charge on any atom is -0.200 e. The van der Waals surface area contributed by atoms with Crippen LogP contribution in [-0.2, 0) is 0 Å². The maximum absolute atomic E-state index is 12.0. The molecule has 0 spiro atoms. The zero-order valence-electron chi connectivity index (χ0n) is 6.02. The van der Waals surface area contributed by atoms with E-state index in [0.29, 0.717) is 5.92 Å². The van der Waals surface area contributed by atoms with Crippen LogP contribution in [0, 0.1) is 12.1 Å². The van der Waals surface area contributed by atoms with Crippen molar-refractivity contribution in [3.05, 3.63) is 11.4 Å². The van der Waals surface area contributed by atoms with E-state index >= 15 is 0 Å². The molecular formula is C6F8. The van der Waals surface area contributed by atoms with Gasteiger partial charge in [-0.1, -0.05) is 0 Å². The van der Waals surface area contributed by atoms with E-state index in [1.54, 1.807) is 0 Å². The molecule has 0 aromatic rings. The van der Waals surface area contributed by atoms with Gasteiger partial charge in [-0.3, -0.25) is 0 Å². The van der Waals surface area contributed by atoms with Crippen LogP contribution < -0.4 is 0 Å². The minimum atomic E-state index is -5.84. The van der Waals surface area contributed by atoms with Crippen molar-refractivity contribution in [2.24, 2.45) is 0 Å². The van der Waals surface area contributed by atoms with Gasteiger partial charge in [-0.2, -0.15) is 26.3 Å². The number of halogens is 8. The second-order valence-corrected chi connectivity index (χ2v) is 1.90. The summed E-state index contributed by atoms with van der Waals surface area (Å²) < 4.78 is 92.3. The molecule has 0 N–H and O–H groups in total. The summed E-state index contributed by atoms with van der Waals surface area (Å²) in [6.45, 7) is 0. The normalized spacial score (nSPS) is 14.3. The molecule has 0 bridgehead atoms. The van der Waals surface area contributed by atoms with E-state index in [4.69, 9.17) is 0 Å². The van der Waals surface area contributed by atoms with Crippen LogP contribution in [0.2, 0.25) is 0 Å². The van der Waals surface area contributed by atoms with Crippen molar-refractivity contribution in [3.8, 4) is 12.1 Å². The zero-order valence-corrected chi connectivity index (χ0v) is 6.02. The Morgan fingerprint density at radius 1 is 0.857 bits per heavy atom. The summed E-state index contributed by atoms with van der Waals surface area (Å²) in [5.41, 5.74) is -2.88. The van der Waals surface area contributed by atoms with Crippen LogP contribution in [0.4, 0.5) is 35.1 Å². The van der Waals surface area contributed by atoms with Crippen LogP contribution in [0.25, 0.3) is 0 Å². The molecule has 0 aromatic carbocycles. The highest BCUT2D eigenvalue weighted by atomic mass is 19.4. The highest BCUT2D eigenvalue weighted by Gasteiger charge is 2.46. The van der Waals surface area contributed by atoms with E-state index in [2.05, 4.69) is 0 Å². The van der Waals surface area contributed by atoms with Crippen molar-refractivity contribution in [1.29, 1.82) is 0 Å². The maximum atomic E-state index is 12.0. The standard InChI is InChI=1S/C6F8/c7-2-1-3(5(9,10)11)4(8)6(12,13)14. The Hall–Kier alpha value is -1.26. The molecule has 0 fully saturated rings. The zero-order chi connectivity index (χ0) is 11.6. The Balaban J connectivity index is 5.49. The Morgan fingerprint density at radius 3 is 1.50 bits per heavy atom. The summed E-state index contributed by atoms with van der Waals surface area (Å²) >= 11 is 0. The minimum absolute atomic E-state index is 0.0595. The Morgan fingerprint density at radius 2 is 1.29 bits per heavy atom. The Labute approximate surface area is 72.2 Å². The SMILES string of the molecule is FC#CC(=C(F)C(F)(F)F)C(F)(F)F. The molecule has 0 rings (SSSR count). The quantitative estimate of drug-likeness (QED) is 0.437. The van der Waals surface area contributed by atoms with Gasteiger partial charge in [0.15, 0.2) is 0 Å². The van der Waals surface area contributed by atoms with Crippen LogP contribution in [0.1, 0.15) is 0 Å². The van der Waals surface area contributed by atoms with E-state index in [-0.39, 0.29) is 6.17 Å². The fourth-order valence-corrected chi connectivity index (χ4v) is 0.439. The largest absolute Gasteiger partial charge is 0.444 e. The summed E-state index contributed by atoms with van der Waals surface area (Å²) in [5.74, 6) is -3.09. The third kappa shape index (κ3) is 3.24. The first-order valence-electron chi connectivity index (χ1n) is 2.76. The van der Waals surface area contributed by atoms with Gasteiger partial charge < -0.3 is 0 Å². The number of rotatable bonds is 0. The molecule has 0 radical (unpaired) electrons. The number of alkyl halides is 6. The summed E-state index contributed by atoms with van der Waals surface area (Å²) in [6.07, 6.45) is -11.5. The van der Waals surface area contributed by atoms with Gasteiger partial charge in [-0.05, 0) is 5.92 Å². The topological polar surface area (TPSA) is 0 Å². The predicted octanol–water partition coefficient (Wildman–Crippen LogP) is 3.26. The van der Waals surface area contributed by atoms with Crippen LogP contribution in [0.15, 0.2) is 11.4 Å². The van der Waals surface area contributed by atoms with Crippen LogP contribution in [-0.4, -0.2) is 12.4 Å². The fraction of sp³-hybridized carbons (Fsp3) is 0.333. The van der Waals surface area contributed by atoms with Crippen LogP contribution in [0.3, 0.4) is 0 Å². The molecule has 0 saturated heterocycles. The third-order valence-corrected chi connectivity index (χ3v) is 0.924. The summed E-state index contributed by atoms with van der Waals surface area (Å²) in [6, 6.07) is 0. The monoisotopic (exact) mass is 224 g/mol. The third-order valence-electron chi connectivity index (χ3n) is 0.924. The van der Waals surface area contributed by atoms with Crippen molar-refractivity contribution in [2.75, 3.05) is 0 Å². The first-order chi connectivity index (χ1) is 6.10. The van der Waals surface area contributed by atoms with E-state index in [1.165, 1.54) is 0 Å². The van der Waals surface area contributed by atoms with Crippen molar-refractivity contribution in [3.63, 3.8) is 0 Å². The molecule has 0 aliphatic carbocycles. The van der Waals surface area contributed by atoms with Gasteiger partial charge in [0.25, 0.3) is 0 Å². The lowest BCUT2D eigenvalue weighted by atomic mass is 10.2. The molecule has 0 nitrogen and oxygen atoms in total. The van der Waals surface area contributed by atoms with E-state index in [0.717, 1.165) is 0 Å². The first-order valence-corrected chi connectivity index (χ1v) is 2.76. The molecular weight excluding hydrogens is 224 g/mol. The van der Waals surface area contributed by atoms with Gasteiger partial charge >= 0.3 is 12.4 Å². The van der Waals surface area contributed by atoms with E-state index in [9.17, 15) is 35.1 Å². The van der Waals surface area contributed by atoms with E-state index in [1.807, 2.05) is 0 Å². The predicted molar refractivity (Wildman–Crippen MR) is 29.1 cm³/mol. The molecule has 0 heterocycles. The first kappa shape index (κ1) is 12.7. The van der Waals surface area contributed by atoms with Gasteiger partial charge in [-0.25, -0.2) is 4.39 Å². The number of hydrogen-bond acceptors (Lipinski definition) is 0. The van der Waals surface area contributed by atoms with Gasteiger partial charge in [0, 0.05) is 0 Å². The molecule has 0 saturated carbocycles. The van der Waals surface area contributed by atoms with Crippen LogP contribution >= 0.6 is 0 Å². The summed E-state index contributed by atoms with van der Waals surface area (Å²) in [4.78, 5) is 0. The second-order valence-electron chi connectivity index (χ2n) is 1.90. The van der Waals surface area contributed by atoms with Gasteiger partial charge in [0.05, 0.1) is 0 Å². The summed E-state index contributed by atoms with van der Waals surface area (Å²) in [5, 5.41) is 0. The fourth-order valence-electron chi connectivity index (χ4n) is 0.439. The summed E-state index contributed by atoms with van der Waals surface area (Å²) in [7, 11) is 0. The number of allylic oxidation sites excluding steroid dienone is 2. The molecule has 0 aliphatic rings. The maximum Gasteiger partial charge on any atom is 0.444 e. The highest BCUT2D eigenvalue weighted by Crippen LogP contribution is 2.36. The molecule has 0 atom stereocenters. The molecule has 14 heavy (non-hydrogen) atoms. The van der Waals surface area contributed by atoms with Gasteiger partial charge in [-0.15, -0.1) is 4.39 Å². The van der Waals surface area contributed by atoms with Crippen molar-refractivity contribution < 1.29 is 35.1 Å². The Bertz CT molecular complexity index is 293. The lowest BCUT2D eigenvalue weighted by molar-refractivity contribution is -0.125. The van der Waals surface area contributed by atoms with E-state index < -0.39 is 23.8 Å². The van der Waals surface area contributed by atoms with Crippen molar-refractivity contribution in [1.82, 2.24) is 0 Å². The molecule has 80 valence electrons. The lowest BCUT2D eigenvalue weighted by Crippen LogP contribution is -2.19. The number of hydrogen-bond donors (Lipinski definition) is 0. The van der Waals surface area contributed by atoms with Crippen LogP contribution in [0.5, 0.6) is 0 Å². The average Bonchev–Trinajstić information content (AvgIpc) is 1.94. The van der Waals surface area contributed by atoms with Crippen molar-refractivity contribution in [2.45, 2.75) is 12.4 Å². The highest BCUT2D eigenvalue weighted by molar-refractivity contribution is 5.35.